The van der Waals surface area contributed by atoms with E-state index >= 15 is 0 Å². The number of nitrogens with zero attached hydrogens (tertiary/aromatic N) is 1. The van der Waals surface area contributed by atoms with Crippen LogP contribution in [-0.2, 0) is 17.3 Å². The molecule has 0 aliphatic carbocycles. The van der Waals surface area contributed by atoms with E-state index in [1.807, 2.05) is 12.1 Å². The quantitative estimate of drug-likeness (QED) is 0.720. The maximum atomic E-state index is 11.3. The molecule has 23 heavy (non-hydrogen) atoms. The van der Waals surface area contributed by atoms with Gasteiger partial charge in [0, 0.05) is 17.6 Å². The summed E-state index contributed by atoms with van der Waals surface area (Å²) < 4.78 is 7.32. The summed E-state index contributed by atoms with van der Waals surface area (Å²) in [6.07, 6.45) is 0.704. The fraction of sp³-hybridized carbons (Fsp3) is 0.588. The topological polar surface area (TPSA) is 49.8 Å². The fourth-order valence-electron chi connectivity index (χ4n) is 2.62. The van der Waals surface area contributed by atoms with Gasteiger partial charge in [0.2, 0.25) is 0 Å². The van der Waals surface area contributed by atoms with Crippen molar-refractivity contribution in [1.29, 1.82) is 0 Å². The molecule has 0 fully saturated rings. The maximum absolute atomic E-state index is 11.3. The standard InChI is InChI=1S/C17H26BrNO3Si/c1-17(2,3)23(4,5)22-11-9-12-13-8-10-19(16(20)21)15(13)7-6-14(12)18/h6-7H,8-11H2,1-5H3,(H,20,21). The van der Waals surface area contributed by atoms with Gasteiger partial charge in [-0.05, 0) is 54.2 Å². The van der Waals surface area contributed by atoms with Crippen LogP contribution >= 0.6 is 15.9 Å². The van der Waals surface area contributed by atoms with Crippen molar-refractivity contribution in [2.45, 2.75) is 51.7 Å². The number of carbonyl (C=O) groups is 1. The number of amides is 1. The van der Waals surface area contributed by atoms with Crippen LogP contribution in [0, 0.1) is 0 Å². The number of rotatable bonds is 4. The van der Waals surface area contributed by atoms with Gasteiger partial charge in [0.15, 0.2) is 8.32 Å². The summed E-state index contributed by atoms with van der Waals surface area (Å²) in [4.78, 5) is 12.7. The molecule has 1 aliphatic heterocycles. The molecule has 1 aromatic rings. The Morgan fingerprint density at radius 2 is 2.04 bits per heavy atom. The average Bonchev–Trinajstić information content (AvgIpc) is 2.84. The Bertz CT molecular complexity index is 611. The first-order valence-electron chi connectivity index (χ1n) is 7.99. The molecule has 1 N–H and O–H groups in total. The highest BCUT2D eigenvalue weighted by Gasteiger charge is 2.37. The third-order valence-corrected chi connectivity index (χ3v) is 10.4. The normalized spacial score (nSPS) is 15.0. The van der Waals surface area contributed by atoms with Crippen molar-refractivity contribution in [3.63, 3.8) is 0 Å². The second-order valence-corrected chi connectivity index (χ2v) is 13.2. The molecular formula is C17H26BrNO3Si. The van der Waals surface area contributed by atoms with Crippen molar-refractivity contribution in [1.82, 2.24) is 0 Å². The van der Waals surface area contributed by atoms with Crippen molar-refractivity contribution in [3.8, 4) is 0 Å². The number of hydrogen-bond acceptors (Lipinski definition) is 2. The Morgan fingerprint density at radius 1 is 1.39 bits per heavy atom. The van der Waals surface area contributed by atoms with Crippen LogP contribution in [0.15, 0.2) is 16.6 Å². The number of anilines is 1. The van der Waals surface area contributed by atoms with Gasteiger partial charge in [-0.3, -0.25) is 4.90 Å². The molecule has 0 spiro atoms. The van der Waals surface area contributed by atoms with Gasteiger partial charge in [-0.1, -0.05) is 36.7 Å². The largest absolute Gasteiger partial charge is 0.465 e. The summed E-state index contributed by atoms with van der Waals surface area (Å²) in [6, 6.07) is 3.83. The molecule has 2 rings (SSSR count). The first-order valence-corrected chi connectivity index (χ1v) is 11.7. The van der Waals surface area contributed by atoms with E-state index in [0.717, 1.165) is 28.6 Å². The highest BCUT2D eigenvalue weighted by molar-refractivity contribution is 9.10. The zero-order valence-corrected chi connectivity index (χ0v) is 17.2. The fourth-order valence-corrected chi connectivity index (χ4v) is 4.24. The lowest BCUT2D eigenvalue weighted by Crippen LogP contribution is -2.41. The molecule has 0 aromatic heterocycles. The van der Waals surface area contributed by atoms with Gasteiger partial charge >= 0.3 is 6.09 Å². The van der Waals surface area contributed by atoms with Crippen LogP contribution in [0.1, 0.15) is 31.9 Å². The van der Waals surface area contributed by atoms with E-state index in [1.54, 1.807) is 0 Å². The summed E-state index contributed by atoms with van der Waals surface area (Å²) in [5.74, 6) is 0. The maximum Gasteiger partial charge on any atom is 0.411 e. The highest BCUT2D eigenvalue weighted by atomic mass is 79.9. The molecule has 0 bridgehead atoms. The molecular weight excluding hydrogens is 374 g/mol. The first-order chi connectivity index (χ1) is 10.5. The summed E-state index contributed by atoms with van der Waals surface area (Å²) in [5.41, 5.74) is 3.15. The highest BCUT2D eigenvalue weighted by Crippen LogP contribution is 2.38. The molecule has 1 aromatic carbocycles. The van der Waals surface area contributed by atoms with E-state index in [2.05, 4.69) is 49.8 Å². The van der Waals surface area contributed by atoms with Gasteiger partial charge in [-0.2, -0.15) is 0 Å². The number of fused-ring (bicyclic) bond motifs is 1. The molecule has 1 heterocycles. The van der Waals surface area contributed by atoms with Gasteiger partial charge in [0.05, 0.1) is 5.69 Å². The smallest absolute Gasteiger partial charge is 0.411 e. The Balaban J connectivity index is 2.15. The van der Waals surface area contributed by atoms with Gasteiger partial charge in [0.1, 0.15) is 0 Å². The predicted molar refractivity (Wildman–Crippen MR) is 100 cm³/mol. The molecule has 0 saturated carbocycles. The Morgan fingerprint density at radius 3 is 2.61 bits per heavy atom. The van der Waals surface area contributed by atoms with E-state index < -0.39 is 14.4 Å². The molecule has 0 radical (unpaired) electrons. The lowest BCUT2D eigenvalue weighted by Gasteiger charge is -2.36. The molecule has 0 unspecified atom stereocenters. The lowest BCUT2D eigenvalue weighted by atomic mass is 10.0. The summed E-state index contributed by atoms with van der Waals surface area (Å²) in [6.45, 7) is 12.4. The van der Waals surface area contributed by atoms with Crippen LogP contribution < -0.4 is 4.90 Å². The second kappa shape index (κ2) is 6.57. The second-order valence-electron chi connectivity index (χ2n) is 7.57. The SMILES string of the molecule is CC(C)(C)[Si](C)(C)OCCc1c(Br)ccc2c1CCN2C(=O)O. The molecule has 0 saturated heterocycles. The van der Waals surface area contributed by atoms with Crippen molar-refractivity contribution in [3.05, 3.63) is 27.7 Å². The van der Waals surface area contributed by atoms with Crippen LogP contribution in [0.25, 0.3) is 0 Å². The zero-order valence-electron chi connectivity index (χ0n) is 14.6. The van der Waals surface area contributed by atoms with Gasteiger partial charge in [-0.25, -0.2) is 4.79 Å². The third-order valence-electron chi connectivity index (χ3n) is 5.08. The van der Waals surface area contributed by atoms with E-state index in [4.69, 9.17) is 4.43 Å². The van der Waals surface area contributed by atoms with Crippen molar-refractivity contribution >= 4 is 36.0 Å². The Hall–Kier alpha value is -0.853. The van der Waals surface area contributed by atoms with Gasteiger partial charge in [-0.15, -0.1) is 0 Å². The molecule has 1 aliphatic rings. The number of halogens is 1. The summed E-state index contributed by atoms with van der Waals surface area (Å²) in [7, 11) is -1.75. The van der Waals surface area contributed by atoms with E-state index in [-0.39, 0.29) is 5.04 Å². The van der Waals surface area contributed by atoms with Crippen molar-refractivity contribution < 1.29 is 14.3 Å². The van der Waals surface area contributed by atoms with E-state index in [1.165, 1.54) is 10.5 Å². The summed E-state index contributed by atoms with van der Waals surface area (Å²) >= 11 is 3.62. The predicted octanol–water partition coefficient (Wildman–Crippen LogP) is 5.05. The van der Waals surface area contributed by atoms with Crippen LogP contribution in [-0.4, -0.2) is 32.7 Å². The van der Waals surface area contributed by atoms with Gasteiger partial charge < -0.3 is 9.53 Å². The number of hydrogen-bond donors (Lipinski definition) is 1. The van der Waals surface area contributed by atoms with Crippen LogP contribution in [0.2, 0.25) is 18.1 Å². The van der Waals surface area contributed by atoms with Crippen molar-refractivity contribution in [2.24, 2.45) is 0 Å². The lowest BCUT2D eigenvalue weighted by molar-refractivity contribution is 0.202. The minimum Gasteiger partial charge on any atom is -0.465 e. The third kappa shape index (κ3) is 3.80. The van der Waals surface area contributed by atoms with Crippen LogP contribution in [0.4, 0.5) is 10.5 Å². The first kappa shape index (κ1) is 18.5. The average molecular weight is 400 g/mol. The number of carboxylic acid groups (broad SMARTS) is 1. The molecule has 0 atom stereocenters. The monoisotopic (exact) mass is 399 g/mol. The molecule has 4 nitrogen and oxygen atoms in total. The molecule has 1 amide bonds. The summed E-state index contributed by atoms with van der Waals surface area (Å²) in [5, 5.41) is 9.48. The van der Waals surface area contributed by atoms with E-state index in [0.29, 0.717) is 13.2 Å². The molecule has 6 heteroatoms. The Labute approximate surface area is 148 Å². The minimum absolute atomic E-state index is 0.197. The van der Waals surface area contributed by atoms with Crippen molar-refractivity contribution in [2.75, 3.05) is 18.1 Å². The van der Waals surface area contributed by atoms with Gasteiger partial charge in [0.25, 0.3) is 0 Å². The van der Waals surface area contributed by atoms with Crippen LogP contribution in [0.5, 0.6) is 0 Å². The zero-order chi connectivity index (χ0) is 17.4. The van der Waals surface area contributed by atoms with E-state index in [9.17, 15) is 9.90 Å². The molecule has 128 valence electrons. The minimum atomic E-state index is -1.75. The Kier molecular flexibility index (Phi) is 5.28. The van der Waals surface area contributed by atoms with Crippen LogP contribution in [0.3, 0.4) is 0 Å². The number of benzene rings is 1.